The van der Waals surface area contributed by atoms with Crippen molar-refractivity contribution < 1.29 is 9.18 Å². The zero-order chi connectivity index (χ0) is 23.6. The van der Waals surface area contributed by atoms with Gasteiger partial charge in [0.05, 0.1) is 11.3 Å². The van der Waals surface area contributed by atoms with E-state index in [9.17, 15) is 9.18 Å². The van der Waals surface area contributed by atoms with Crippen molar-refractivity contribution in [2.45, 2.75) is 70.1 Å². The SMILES string of the molecule is CCC(C)n1nc(-c2cnc(N)c(C(=O)N3CCCC3)c2)cc1[C@H]1[C@@H]2CC(N3CC(F)C3)C[C@@H]21. The van der Waals surface area contributed by atoms with E-state index in [4.69, 9.17) is 10.8 Å². The number of anilines is 1. The topological polar surface area (TPSA) is 80.3 Å². The third-order valence-electron chi connectivity index (χ3n) is 8.75. The molecule has 182 valence electrons. The zero-order valence-electron chi connectivity index (χ0n) is 20.2. The molecule has 2 saturated heterocycles. The Hall–Kier alpha value is -2.48. The molecule has 8 heteroatoms. The average molecular weight is 467 g/mol. The average Bonchev–Trinajstić information content (AvgIpc) is 3.33. The van der Waals surface area contributed by atoms with E-state index in [0.29, 0.717) is 48.5 Å². The van der Waals surface area contributed by atoms with Crippen molar-refractivity contribution in [1.82, 2.24) is 24.6 Å². The van der Waals surface area contributed by atoms with E-state index in [2.05, 4.69) is 34.5 Å². The van der Waals surface area contributed by atoms with E-state index in [0.717, 1.165) is 43.6 Å². The number of aromatic nitrogens is 3. The second-order valence-electron chi connectivity index (χ2n) is 10.8. The highest BCUT2D eigenvalue weighted by atomic mass is 19.1. The monoisotopic (exact) mass is 466 g/mol. The summed E-state index contributed by atoms with van der Waals surface area (Å²) < 4.78 is 15.5. The summed E-state index contributed by atoms with van der Waals surface area (Å²) in [4.78, 5) is 21.6. The van der Waals surface area contributed by atoms with Crippen molar-refractivity contribution in [2.75, 3.05) is 31.9 Å². The highest BCUT2D eigenvalue weighted by Crippen LogP contribution is 2.64. The van der Waals surface area contributed by atoms with Gasteiger partial charge in [0.15, 0.2) is 0 Å². The first-order valence-electron chi connectivity index (χ1n) is 13.0. The largest absolute Gasteiger partial charge is 0.383 e. The van der Waals surface area contributed by atoms with Crippen LogP contribution in [0, 0.1) is 11.8 Å². The Kier molecular flexibility index (Phi) is 5.39. The molecule has 5 atom stereocenters. The number of nitrogens with two attached hydrogens (primary N) is 1. The van der Waals surface area contributed by atoms with Crippen LogP contribution in [0.15, 0.2) is 18.3 Å². The van der Waals surface area contributed by atoms with Crippen LogP contribution in [-0.2, 0) is 0 Å². The first-order valence-corrected chi connectivity index (χ1v) is 13.0. The summed E-state index contributed by atoms with van der Waals surface area (Å²) in [6.07, 6.45) is 6.53. The lowest BCUT2D eigenvalue weighted by atomic mass is 9.99. The standard InChI is InChI=1S/C26H35FN6O/c1-3-15(2)33-23(24-19-9-18(10-20(19)24)32-13-17(27)14-32)11-22(30-33)16-8-21(25(28)29-12-16)26(34)31-6-4-5-7-31/h8,11-12,15,17-20,24H,3-7,9-10,13-14H2,1-2H3,(H2,28,29)/t15?,18?,19-,20+,24+. The minimum atomic E-state index is -0.627. The molecule has 0 bridgehead atoms. The lowest BCUT2D eigenvalue weighted by Gasteiger charge is -2.40. The number of amides is 1. The van der Waals surface area contributed by atoms with Crippen LogP contribution in [0.25, 0.3) is 11.3 Å². The lowest BCUT2D eigenvalue weighted by molar-refractivity contribution is 0.0247. The first-order chi connectivity index (χ1) is 16.4. The number of rotatable bonds is 6. The Morgan fingerprint density at radius 3 is 2.56 bits per heavy atom. The van der Waals surface area contributed by atoms with E-state index in [1.807, 2.05) is 11.0 Å². The van der Waals surface area contributed by atoms with Crippen LogP contribution < -0.4 is 5.73 Å². The number of fused-ring (bicyclic) bond motifs is 1. The molecule has 0 aromatic carbocycles. The summed E-state index contributed by atoms with van der Waals surface area (Å²) in [5.74, 6) is 2.13. The van der Waals surface area contributed by atoms with E-state index in [1.165, 1.54) is 18.5 Å². The molecule has 4 heterocycles. The molecule has 2 aliphatic carbocycles. The second-order valence-corrected chi connectivity index (χ2v) is 10.8. The molecule has 2 unspecified atom stereocenters. The van der Waals surface area contributed by atoms with Gasteiger partial charge in [-0.05, 0) is 63.0 Å². The fourth-order valence-electron chi connectivity index (χ4n) is 6.50. The van der Waals surface area contributed by atoms with Gasteiger partial charge in [-0.3, -0.25) is 14.4 Å². The van der Waals surface area contributed by atoms with Crippen molar-refractivity contribution in [2.24, 2.45) is 11.8 Å². The summed E-state index contributed by atoms with van der Waals surface area (Å²) in [6, 6.07) is 4.94. The number of hydrogen-bond acceptors (Lipinski definition) is 5. The molecular formula is C26H35FN6O. The molecule has 2 aromatic heterocycles. The predicted octanol–water partition coefficient (Wildman–Crippen LogP) is 3.88. The van der Waals surface area contributed by atoms with E-state index >= 15 is 0 Å². The smallest absolute Gasteiger partial charge is 0.257 e. The number of halogens is 1. The summed E-state index contributed by atoms with van der Waals surface area (Å²) in [5.41, 5.74) is 9.60. The number of nitrogen functional groups attached to an aromatic ring is 1. The molecule has 2 aliphatic heterocycles. The van der Waals surface area contributed by atoms with Crippen LogP contribution in [0.4, 0.5) is 10.2 Å². The Bertz CT molecular complexity index is 1080. The molecule has 0 radical (unpaired) electrons. The van der Waals surface area contributed by atoms with Gasteiger partial charge in [-0.25, -0.2) is 9.37 Å². The van der Waals surface area contributed by atoms with Crippen LogP contribution in [-0.4, -0.2) is 68.9 Å². The molecule has 4 aliphatic rings. The van der Waals surface area contributed by atoms with E-state index in [-0.39, 0.29) is 11.7 Å². The molecule has 6 rings (SSSR count). The second kappa shape index (κ2) is 8.33. The highest BCUT2D eigenvalue weighted by molar-refractivity contribution is 5.99. The Balaban J connectivity index is 1.26. The summed E-state index contributed by atoms with van der Waals surface area (Å²) in [7, 11) is 0. The van der Waals surface area contributed by atoms with Gasteiger partial charge in [0.25, 0.3) is 5.91 Å². The van der Waals surface area contributed by atoms with Gasteiger partial charge in [-0.2, -0.15) is 5.10 Å². The number of pyridine rings is 1. The fraction of sp³-hybridized carbons (Fsp3) is 0.654. The van der Waals surface area contributed by atoms with Gasteiger partial charge in [0, 0.05) is 61.6 Å². The summed E-state index contributed by atoms with van der Waals surface area (Å²) in [6.45, 7) is 7.20. The molecule has 1 amide bonds. The van der Waals surface area contributed by atoms with Crippen molar-refractivity contribution in [1.29, 1.82) is 0 Å². The maximum Gasteiger partial charge on any atom is 0.257 e. The van der Waals surface area contributed by atoms with E-state index < -0.39 is 6.17 Å². The van der Waals surface area contributed by atoms with Gasteiger partial charge in [-0.1, -0.05) is 6.92 Å². The molecular weight excluding hydrogens is 431 g/mol. The maximum atomic E-state index is 13.3. The third-order valence-corrected chi connectivity index (χ3v) is 8.75. The number of hydrogen-bond donors (Lipinski definition) is 1. The number of carbonyl (C=O) groups is 1. The zero-order valence-corrected chi connectivity index (χ0v) is 20.2. The van der Waals surface area contributed by atoms with Gasteiger partial charge < -0.3 is 10.6 Å². The van der Waals surface area contributed by atoms with Crippen LogP contribution in [0.3, 0.4) is 0 Å². The quantitative estimate of drug-likeness (QED) is 0.699. The van der Waals surface area contributed by atoms with Gasteiger partial charge >= 0.3 is 0 Å². The van der Waals surface area contributed by atoms with Gasteiger partial charge in [0.1, 0.15) is 12.0 Å². The third kappa shape index (κ3) is 3.61. The molecule has 4 fully saturated rings. The van der Waals surface area contributed by atoms with Crippen LogP contribution >= 0.6 is 0 Å². The minimum Gasteiger partial charge on any atom is -0.383 e. The summed E-state index contributed by atoms with van der Waals surface area (Å²) in [5, 5.41) is 5.01. The van der Waals surface area contributed by atoms with Crippen molar-refractivity contribution >= 4 is 11.7 Å². The molecule has 0 spiro atoms. The fourth-order valence-corrected chi connectivity index (χ4v) is 6.50. The van der Waals surface area contributed by atoms with E-state index in [1.54, 1.807) is 6.20 Å². The van der Waals surface area contributed by atoms with Crippen molar-refractivity contribution in [3.8, 4) is 11.3 Å². The maximum absolute atomic E-state index is 13.3. The van der Waals surface area contributed by atoms with Gasteiger partial charge in [-0.15, -0.1) is 0 Å². The lowest BCUT2D eigenvalue weighted by Crippen LogP contribution is -2.53. The Morgan fingerprint density at radius 2 is 1.91 bits per heavy atom. The highest BCUT2D eigenvalue weighted by Gasteiger charge is 2.59. The molecule has 2 saturated carbocycles. The number of nitrogens with zero attached hydrogens (tertiary/aromatic N) is 5. The van der Waals surface area contributed by atoms with Crippen molar-refractivity contribution in [3.05, 3.63) is 29.6 Å². The molecule has 2 aromatic rings. The predicted molar refractivity (Wildman–Crippen MR) is 129 cm³/mol. The minimum absolute atomic E-state index is 0.0322. The van der Waals surface area contributed by atoms with Crippen molar-refractivity contribution in [3.63, 3.8) is 0 Å². The van der Waals surface area contributed by atoms with Gasteiger partial charge in [0.2, 0.25) is 0 Å². The Morgan fingerprint density at radius 1 is 1.21 bits per heavy atom. The summed E-state index contributed by atoms with van der Waals surface area (Å²) >= 11 is 0. The Labute approximate surface area is 200 Å². The van der Waals surface area contributed by atoms with Crippen LogP contribution in [0.1, 0.15) is 74.0 Å². The molecule has 34 heavy (non-hydrogen) atoms. The molecule has 7 nitrogen and oxygen atoms in total. The number of alkyl halides is 1. The normalized spacial score (nSPS) is 29.8. The first kappa shape index (κ1) is 22.0. The number of likely N-dealkylation sites (tertiary alicyclic amines) is 2. The molecule has 2 N–H and O–H groups in total. The van der Waals surface area contributed by atoms with Crippen LogP contribution in [0.2, 0.25) is 0 Å². The van der Waals surface area contributed by atoms with Crippen LogP contribution in [0.5, 0.6) is 0 Å². The number of carbonyl (C=O) groups excluding carboxylic acids is 1.